The minimum Gasteiger partial charge on any atom is -0.389 e. The molecule has 3 unspecified atom stereocenters. The number of aliphatic hydroxyl groups excluding tert-OH is 1. The van der Waals surface area contributed by atoms with Gasteiger partial charge in [0.1, 0.15) is 0 Å². The molecule has 18 heavy (non-hydrogen) atoms. The van der Waals surface area contributed by atoms with Gasteiger partial charge in [0.25, 0.3) is 0 Å². The highest BCUT2D eigenvalue weighted by Gasteiger charge is 2.22. The summed E-state index contributed by atoms with van der Waals surface area (Å²) in [5.41, 5.74) is 2.56. The van der Waals surface area contributed by atoms with E-state index >= 15 is 0 Å². The van der Waals surface area contributed by atoms with Crippen LogP contribution < -0.4 is 5.48 Å². The summed E-state index contributed by atoms with van der Waals surface area (Å²) >= 11 is 0. The van der Waals surface area contributed by atoms with Crippen LogP contribution in [0.2, 0.25) is 0 Å². The average Bonchev–Trinajstić information content (AvgIpc) is 2.26. The molecule has 1 fully saturated rings. The molecule has 1 rings (SSSR count). The summed E-state index contributed by atoms with van der Waals surface area (Å²) in [5, 5.41) is 9.80. The summed E-state index contributed by atoms with van der Waals surface area (Å²) in [6.45, 7) is 8.91. The highest BCUT2D eigenvalue weighted by molar-refractivity contribution is 4.73. The number of aliphatic hydroxyl groups is 1. The number of ether oxygens (including phenoxy) is 1. The fourth-order valence-electron chi connectivity index (χ4n) is 2.18. The van der Waals surface area contributed by atoms with Crippen molar-refractivity contribution in [3.05, 3.63) is 0 Å². The van der Waals surface area contributed by atoms with Gasteiger partial charge in [-0.05, 0) is 39.5 Å². The van der Waals surface area contributed by atoms with Gasteiger partial charge in [-0.15, -0.1) is 0 Å². The summed E-state index contributed by atoms with van der Waals surface area (Å²) in [4.78, 5) is 5.35. The summed E-state index contributed by atoms with van der Waals surface area (Å²) in [7, 11) is 0. The van der Waals surface area contributed by atoms with E-state index in [2.05, 4.69) is 12.4 Å². The van der Waals surface area contributed by atoms with Crippen molar-refractivity contribution in [3.63, 3.8) is 0 Å². The molecule has 0 amide bonds. The molecular formula is C14H29NO3. The molecule has 0 radical (unpaired) electrons. The Hall–Kier alpha value is -0.160. The van der Waals surface area contributed by atoms with Crippen LogP contribution in [0.15, 0.2) is 0 Å². The third kappa shape index (κ3) is 6.69. The van der Waals surface area contributed by atoms with Crippen LogP contribution in [-0.2, 0) is 9.57 Å². The summed E-state index contributed by atoms with van der Waals surface area (Å²) < 4.78 is 5.79. The monoisotopic (exact) mass is 259 g/mol. The Morgan fingerprint density at radius 3 is 2.56 bits per heavy atom. The molecule has 2 N–H and O–H groups in total. The topological polar surface area (TPSA) is 50.7 Å². The van der Waals surface area contributed by atoms with Gasteiger partial charge in [-0.25, -0.2) is 0 Å². The van der Waals surface area contributed by atoms with Gasteiger partial charge in [0.2, 0.25) is 0 Å². The molecule has 0 aliphatic heterocycles. The molecule has 0 aromatic heterocycles. The van der Waals surface area contributed by atoms with Crippen LogP contribution in [0, 0.1) is 5.92 Å². The van der Waals surface area contributed by atoms with Gasteiger partial charge in [0.05, 0.1) is 24.4 Å². The van der Waals surface area contributed by atoms with Crippen LogP contribution in [0.4, 0.5) is 0 Å². The Morgan fingerprint density at radius 2 is 1.94 bits per heavy atom. The van der Waals surface area contributed by atoms with E-state index in [0.29, 0.717) is 25.2 Å². The van der Waals surface area contributed by atoms with Crippen molar-refractivity contribution in [3.8, 4) is 0 Å². The first-order valence-corrected chi connectivity index (χ1v) is 7.09. The number of hydrogen-bond acceptors (Lipinski definition) is 4. The maximum atomic E-state index is 9.80. The Labute approximate surface area is 111 Å². The number of nitrogens with one attached hydrogen (secondary N) is 1. The first-order chi connectivity index (χ1) is 8.38. The summed E-state index contributed by atoms with van der Waals surface area (Å²) in [6.07, 6.45) is 4.73. The first-order valence-electron chi connectivity index (χ1n) is 7.09. The third-order valence-corrected chi connectivity index (χ3v) is 3.23. The van der Waals surface area contributed by atoms with Crippen molar-refractivity contribution >= 4 is 0 Å². The van der Waals surface area contributed by atoms with E-state index in [0.717, 1.165) is 6.42 Å². The lowest BCUT2D eigenvalue weighted by molar-refractivity contribution is -0.0979. The van der Waals surface area contributed by atoms with E-state index in [1.54, 1.807) is 0 Å². The van der Waals surface area contributed by atoms with Crippen LogP contribution in [-0.4, -0.2) is 36.1 Å². The molecule has 0 saturated heterocycles. The van der Waals surface area contributed by atoms with E-state index in [4.69, 9.17) is 9.57 Å². The van der Waals surface area contributed by atoms with Crippen molar-refractivity contribution < 1.29 is 14.7 Å². The molecule has 0 aromatic carbocycles. The predicted octanol–water partition coefficient (Wildman–Crippen LogP) is 2.26. The molecule has 108 valence electrons. The van der Waals surface area contributed by atoms with Gasteiger partial charge in [-0.2, -0.15) is 5.48 Å². The molecule has 1 aliphatic carbocycles. The maximum absolute atomic E-state index is 9.80. The van der Waals surface area contributed by atoms with Gasteiger partial charge in [-0.3, -0.25) is 4.84 Å². The molecule has 1 aliphatic rings. The zero-order chi connectivity index (χ0) is 13.6. The van der Waals surface area contributed by atoms with Gasteiger partial charge in [0.15, 0.2) is 0 Å². The van der Waals surface area contributed by atoms with Gasteiger partial charge >= 0.3 is 0 Å². The van der Waals surface area contributed by atoms with Crippen molar-refractivity contribution in [2.45, 2.75) is 71.2 Å². The molecule has 0 spiro atoms. The molecule has 0 aromatic rings. The minimum atomic E-state index is -0.513. The molecule has 3 atom stereocenters. The SMILES string of the molecule is CC1CCCCC1OCC(O)CNOC(C)(C)C. The Kier molecular flexibility index (Phi) is 6.57. The van der Waals surface area contributed by atoms with E-state index in [-0.39, 0.29) is 5.60 Å². The maximum Gasteiger partial charge on any atom is 0.0921 e. The minimum absolute atomic E-state index is 0.238. The molecule has 0 bridgehead atoms. The van der Waals surface area contributed by atoms with E-state index < -0.39 is 6.10 Å². The number of hydroxylamine groups is 1. The lowest BCUT2D eigenvalue weighted by atomic mass is 9.88. The smallest absolute Gasteiger partial charge is 0.0921 e. The fourth-order valence-corrected chi connectivity index (χ4v) is 2.18. The van der Waals surface area contributed by atoms with Crippen LogP contribution in [0.25, 0.3) is 0 Å². The van der Waals surface area contributed by atoms with Crippen LogP contribution in [0.1, 0.15) is 53.4 Å². The second-order valence-corrected chi connectivity index (χ2v) is 6.35. The fraction of sp³-hybridized carbons (Fsp3) is 1.00. The number of hydrogen-bond donors (Lipinski definition) is 2. The Balaban J connectivity index is 2.10. The standard InChI is InChI=1S/C14H29NO3/c1-11-7-5-6-8-13(11)17-10-12(16)9-15-18-14(2,3)4/h11-13,15-16H,5-10H2,1-4H3. The lowest BCUT2D eigenvalue weighted by Crippen LogP contribution is -2.37. The van der Waals surface area contributed by atoms with Gasteiger partial charge in [0, 0.05) is 6.54 Å². The predicted molar refractivity (Wildman–Crippen MR) is 72.2 cm³/mol. The first kappa shape index (κ1) is 15.9. The van der Waals surface area contributed by atoms with Crippen molar-refractivity contribution in [1.82, 2.24) is 5.48 Å². The van der Waals surface area contributed by atoms with Crippen LogP contribution in [0.3, 0.4) is 0 Å². The largest absolute Gasteiger partial charge is 0.389 e. The highest BCUT2D eigenvalue weighted by atomic mass is 16.7. The molecule has 0 heterocycles. The van der Waals surface area contributed by atoms with Crippen molar-refractivity contribution in [1.29, 1.82) is 0 Å². The van der Waals surface area contributed by atoms with Crippen molar-refractivity contribution in [2.75, 3.05) is 13.2 Å². The molecular weight excluding hydrogens is 230 g/mol. The summed E-state index contributed by atoms with van der Waals surface area (Å²) in [5.74, 6) is 0.615. The molecule has 4 nitrogen and oxygen atoms in total. The molecule has 1 saturated carbocycles. The second-order valence-electron chi connectivity index (χ2n) is 6.35. The van der Waals surface area contributed by atoms with Gasteiger partial charge in [-0.1, -0.05) is 19.8 Å². The Morgan fingerprint density at radius 1 is 1.28 bits per heavy atom. The van der Waals surface area contributed by atoms with Crippen LogP contribution in [0.5, 0.6) is 0 Å². The van der Waals surface area contributed by atoms with E-state index in [1.165, 1.54) is 19.3 Å². The second kappa shape index (κ2) is 7.43. The quantitative estimate of drug-likeness (QED) is 0.718. The molecule has 4 heteroatoms. The normalized spacial score (nSPS) is 27.2. The zero-order valence-electron chi connectivity index (χ0n) is 12.2. The zero-order valence-corrected chi connectivity index (χ0v) is 12.2. The van der Waals surface area contributed by atoms with E-state index in [9.17, 15) is 5.11 Å². The number of rotatable bonds is 6. The van der Waals surface area contributed by atoms with E-state index in [1.807, 2.05) is 20.8 Å². The third-order valence-electron chi connectivity index (χ3n) is 3.23. The lowest BCUT2D eigenvalue weighted by Gasteiger charge is -2.29. The van der Waals surface area contributed by atoms with Crippen molar-refractivity contribution in [2.24, 2.45) is 5.92 Å². The summed E-state index contributed by atoms with van der Waals surface area (Å²) in [6, 6.07) is 0. The van der Waals surface area contributed by atoms with Gasteiger partial charge < -0.3 is 9.84 Å². The Bertz CT molecular complexity index is 228. The highest BCUT2D eigenvalue weighted by Crippen LogP contribution is 2.26. The van der Waals surface area contributed by atoms with Crippen LogP contribution >= 0.6 is 0 Å². The average molecular weight is 259 g/mol.